The zero-order chi connectivity index (χ0) is 14.8. The number of aryl methyl sites for hydroxylation is 1. The maximum absolute atomic E-state index is 10.9. The van der Waals surface area contributed by atoms with Gasteiger partial charge in [0, 0.05) is 6.20 Å². The van der Waals surface area contributed by atoms with Crippen molar-refractivity contribution in [2.45, 2.75) is 13.5 Å². The molecule has 0 aromatic carbocycles. The summed E-state index contributed by atoms with van der Waals surface area (Å²) < 4.78 is 1.69. The standard InChI is InChI=1S/C14H13N5O2/c1-9-4-12(19-13(5-9)17-8-18-19)16-7-11-6-10(14(20)21)2-3-15-11/h2-6,8,16H,7H2,1H3,(H,20,21). The van der Waals surface area contributed by atoms with Gasteiger partial charge in [-0.3, -0.25) is 4.98 Å². The number of carboxylic acid groups (broad SMARTS) is 1. The number of fused-ring (bicyclic) bond motifs is 1. The number of carbonyl (C=O) groups is 1. The average molecular weight is 283 g/mol. The van der Waals surface area contributed by atoms with Crippen LogP contribution in [-0.2, 0) is 6.54 Å². The molecule has 0 amide bonds. The lowest BCUT2D eigenvalue weighted by Crippen LogP contribution is -2.08. The minimum absolute atomic E-state index is 0.219. The van der Waals surface area contributed by atoms with Crippen molar-refractivity contribution < 1.29 is 9.90 Å². The van der Waals surface area contributed by atoms with Crippen molar-refractivity contribution in [3.05, 3.63) is 53.6 Å². The number of pyridine rings is 2. The van der Waals surface area contributed by atoms with Gasteiger partial charge in [0.1, 0.15) is 12.1 Å². The van der Waals surface area contributed by atoms with Crippen molar-refractivity contribution >= 4 is 17.4 Å². The molecule has 0 unspecified atom stereocenters. The zero-order valence-corrected chi connectivity index (χ0v) is 11.3. The van der Waals surface area contributed by atoms with E-state index in [2.05, 4.69) is 20.4 Å². The molecule has 7 heteroatoms. The third-order valence-corrected chi connectivity index (χ3v) is 3.04. The van der Waals surface area contributed by atoms with E-state index in [1.54, 1.807) is 10.6 Å². The molecule has 3 aromatic rings. The topological polar surface area (TPSA) is 92.4 Å². The fourth-order valence-electron chi connectivity index (χ4n) is 2.07. The Balaban J connectivity index is 1.85. The summed E-state index contributed by atoms with van der Waals surface area (Å²) in [5, 5.41) is 16.3. The Kier molecular flexibility index (Phi) is 3.23. The summed E-state index contributed by atoms with van der Waals surface area (Å²) in [4.78, 5) is 19.2. The molecule has 21 heavy (non-hydrogen) atoms. The SMILES string of the molecule is Cc1cc(NCc2cc(C(=O)O)ccn2)n2ncnc2c1. The van der Waals surface area contributed by atoms with Gasteiger partial charge >= 0.3 is 5.97 Å². The molecule has 3 rings (SSSR count). The number of aromatic nitrogens is 4. The first-order valence-corrected chi connectivity index (χ1v) is 6.36. The lowest BCUT2D eigenvalue weighted by molar-refractivity contribution is 0.0696. The quantitative estimate of drug-likeness (QED) is 0.757. The number of hydrogen-bond donors (Lipinski definition) is 2. The van der Waals surface area contributed by atoms with Crippen molar-refractivity contribution in [3.63, 3.8) is 0 Å². The van der Waals surface area contributed by atoms with E-state index >= 15 is 0 Å². The highest BCUT2D eigenvalue weighted by Gasteiger charge is 2.06. The highest BCUT2D eigenvalue weighted by molar-refractivity contribution is 5.87. The lowest BCUT2D eigenvalue weighted by Gasteiger charge is -2.09. The molecule has 0 saturated heterocycles. The Hall–Kier alpha value is -2.96. The van der Waals surface area contributed by atoms with Crippen LogP contribution in [-0.4, -0.2) is 30.7 Å². The van der Waals surface area contributed by atoms with Gasteiger partial charge in [-0.25, -0.2) is 9.78 Å². The van der Waals surface area contributed by atoms with Crippen LogP contribution >= 0.6 is 0 Å². The van der Waals surface area contributed by atoms with Gasteiger partial charge in [-0.05, 0) is 36.8 Å². The van der Waals surface area contributed by atoms with Crippen molar-refractivity contribution in [3.8, 4) is 0 Å². The Bertz CT molecular complexity index is 812. The number of aromatic carboxylic acids is 1. The van der Waals surface area contributed by atoms with E-state index in [-0.39, 0.29) is 5.56 Å². The molecule has 0 spiro atoms. The molecular weight excluding hydrogens is 270 g/mol. The maximum atomic E-state index is 10.9. The Morgan fingerprint density at radius 3 is 3.00 bits per heavy atom. The van der Waals surface area contributed by atoms with Crippen LogP contribution in [0.15, 0.2) is 36.8 Å². The third kappa shape index (κ3) is 2.66. The summed E-state index contributed by atoms with van der Waals surface area (Å²) in [7, 11) is 0. The van der Waals surface area contributed by atoms with E-state index in [1.807, 2.05) is 19.1 Å². The molecule has 0 atom stereocenters. The fourth-order valence-corrected chi connectivity index (χ4v) is 2.07. The van der Waals surface area contributed by atoms with Crippen LogP contribution in [0.4, 0.5) is 5.82 Å². The van der Waals surface area contributed by atoms with Gasteiger partial charge in [-0.1, -0.05) is 0 Å². The molecule has 3 aromatic heterocycles. The molecule has 7 nitrogen and oxygen atoms in total. The monoisotopic (exact) mass is 283 g/mol. The molecule has 0 aliphatic rings. The Morgan fingerprint density at radius 1 is 1.33 bits per heavy atom. The molecule has 0 fully saturated rings. The number of nitrogens with zero attached hydrogens (tertiary/aromatic N) is 4. The molecule has 106 valence electrons. The van der Waals surface area contributed by atoms with Crippen LogP contribution in [0.1, 0.15) is 21.6 Å². The lowest BCUT2D eigenvalue weighted by atomic mass is 10.2. The predicted molar refractivity (Wildman–Crippen MR) is 76.2 cm³/mol. The number of rotatable bonds is 4. The summed E-state index contributed by atoms with van der Waals surface area (Å²) in [6.45, 7) is 2.38. The van der Waals surface area contributed by atoms with Gasteiger partial charge in [0.2, 0.25) is 0 Å². The second kappa shape index (κ2) is 5.20. The fraction of sp³-hybridized carbons (Fsp3) is 0.143. The summed E-state index contributed by atoms with van der Waals surface area (Å²) in [5.41, 5.74) is 2.68. The maximum Gasteiger partial charge on any atom is 0.335 e. The summed E-state index contributed by atoms with van der Waals surface area (Å²) in [6.07, 6.45) is 2.98. The molecule has 0 saturated carbocycles. The first-order valence-electron chi connectivity index (χ1n) is 6.36. The minimum Gasteiger partial charge on any atom is -0.478 e. The van der Waals surface area contributed by atoms with Crippen molar-refractivity contribution in [2.24, 2.45) is 0 Å². The molecule has 3 heterocycles. The molecule has 2 N–H and O–H groups in total. The van der Waals surface area contributed by atoms with Crippen LogP contribution in [0.5, 0.6) is 0 Å². The highest BCUT2D eigenvalue weighted by Crippen LogP contribution is 2.14. The zero-order valence-electron chi connectivity index (χ0n) is 11.3. The van der Waals surface area contributed by atoms with Gasteiger partial charge in [-0.15, -0.1) is 0 Å². The average Bonchev–Trinajstić information content (AvgIpc) is 2.93. The van der Waals surface area contributed by atoms with Crippen LogP contribution in [0, 0.1) is 6.92 Å². The number of hydrogen-bond acceptors (Lipinski definition) is 5. The smallest absolute Gasteiger partial charge is 0.335 e. The Morgan fingerprint density at radius 2 is 2.19 bits per heavy atom. The summed E-state index contributed by atoms with van der Waals surface area (Å²) >= 11 is 0. The van der Waals surface area contributed by atoms with E-state index in [1.165, 1.54) is 18.6 Å². The molecular formula is C14H13N5O2. The first kappa shape index (κ1) is 13.0. The molecule has 0 aliphatic carbocycles. The Labute approximate surface area is 120 Å². The van der Waals surface area contributed by atoms with Gasteiger partial charge in [0.25, 0.3) is 0 Å². The van der Waals surface area contributed by atoms with Crippen LogP contribution in [0.3, 0.4) is 0 Å². The third-order valence-electron chi connectivity index (χ3n) is 3.04. The first-order chi connectivity index (χ1) is 10.1. The van der Waals surface area contributed by atoms with E-state index in [9.17, 15) is 4.79 Å². The van der Waals surface area contributed by atoms with Gasteiger partial charge in [0.15, 0.2) is 5.65 Å². The van der Waals surface area contributed by atoms with Crippen molar-refractivity contribution in [2.75, 3.05) is 5.32 Å². The van der Waals surface area contributed by atoms with Gasteiger partial charge in [0.05, 0.1) is 17.8 Å². The largest absolute Gasteiger partial charge is 0.478 e. The predicted octanol–water partition coefficient (Wildman–Crippen LogP) is 1.74. The van der Waals surface area contributed by atoms with E-state index in [0.717, 1.165) is 17.0 Å². The number of nitrogens with one attached hydrogen (secondary N) is 1. The van der Waals surface area contributed by atoms with Crippen molar-refractivity contribution in [1.29, 1.82) is 0 Å². The number of anilines is 1. The van der Waals surface area contributed by atoms with Crippen molar-refractivity contribution in [1.82, 2.24) is 19.6 Å². The van der Waals surface area contributed by atoms with E-state index in [0.29, 0.717) is 12.2 Å². The van der Waals surface area contributed by atoms with Gasteiger partial charge < -0.3 is 10.4 Å². The van der Waals surface area contributed by atoms with Gasteiger partial charge in [-0.2, -0.15) is 9.61 Å². The van der Waals surface area contributed by atoms with Crippen LogP contribution in [0.2, 0.25) is 0 Å². The normalized spacial score (nSPS) is 10.7. The molecule has 0 aliphatic heterocycles. The second-order valence-electron chi connectivity index (χ2n) is 4.64. The molecule has 0 bridgehead atoms. The van der Waals surface area contributed by atoms with Crippen LogP contribution < -0.4 is 5.32 Å². The minimum atomic E-state index is -0.965. The van der Waals surface area contributed by atoms with E-state index in [4.69, 9.17) is 5.11 Å². The van der Waals surface area contributed by atoms with Crippen LogP contribution in [0.25, 0.3) is 5.65 Å². The number of carboxylic acids is 1. The highest BCUT2D eigenvalue weighted by atomic mass is 16.4. The molecule has 0 radical (unpaired) electrons. The summed E-state index contributed by atoms with van der Waals surface area (Å²) in [5.74, 6) is -0.182. The second-order valence-corrected chi connectivity index (χ2v) is 4.64. The van der Waals surface area contributed by atoms with E-state index < -0.39 is 5.97 Å². The summed E-state index contributed by atoms with van der Waals surface area (Å²) in [6, 6.07) is 6.89.